The number of amides is 1. The van der Waals surface area contributed by atoms with Crippen LogP contribution in [0.2, 0.25) is 0 Å². The normalized spacial score (nSPS) is 10.2. The molecule has 6 nitrogen and oxygen atoms in total. The Morgan fingerprint density at radius 3 is 2.58 bits per heavy atom. The van der Waals surface area contributed by atoms with Crippen molar-refractivity contribution in [3.63, 3.8) is 0 Å². The maximum absolute atomic E-state index is 12.7. The number of carbonyl (C=O) groups is 1. The van der Waals surface area contributed by atoms with E-state index in [1.165, 1.54) is 6.33 Å². The Kier molecular flexibility index (Phi) is 5.43. The molecule has 0 aliphatic heterocycles. The lowest BCUT2D eigenvalue weighted by Crippen LogP contribution is -2.27. The van der Waals surface area contributed by atoms with Crippen LogP contribution in [0.3, 0.4) is 0 Å². The second kappa shape index (κ2) is 8.11. The fourth-order valence-corrected chi connectivity index (χ4v) is 2.55. The minimum absolute atomic E-state index is 0.167. The molecular formula is C20H20N4O2. The van der Waals surface area contributed by atoms with Crippen LogP contribution in [-0.4, -0.2) is 34.9 Å². The Labute approximate surface area is 152 Å². The Morgan fingerprint density at radius 2 is 1.81 bits per heavy atom. The van der Waals surface area contributed by atoms with Crippen molar-refractivity contribution in [2.24, 2.45) is 0 Å². The van der Waals surface area contributed by atoms with E-state index in [2.05, 4.69) is 15.3 Å². The summed E-state index contributed by atoms with van der Waals surface area (Å²) in [6.45, 7) is 0.513. The molecule has 0 saturated carbocycles. The molecule has 1 heterocycles. The largest absolute Gasteiger partial charge is 0.495 e. The van der Waals surface area contributed by atoms with Gasteiger partial charge >= 0.3 is 0 Å². The third kappa shape index (κ3) is 4.16. The maximum atomic E-state index is 12.7. The Bertz CT molecular complexity index is 884. The zero-order valence-electron chi connectivity index (χ0n) is 14.7. The number of methoxy groups -OCH3 is 1. The Morgan fingerprint density at radius 1 is 1.08 bits per heavy atom. The number of ether oxygens (including phenoxy) is 1. The molecule has 0 fully saturated rings. The van der Waals surface area contributed by atoms with Crippen molar-refractivity contribution >= 4 is 17.4 Å². The lowest BCUT2D eigenvalue weighted by molar-refractivity contribution is 0.0779. The summed E-state index contributed by atoms with van der Waals surface area (Å²) in [7, 11) is 3.36. The van der Waals surface area contributed by atoms with Crippen molar-refractivity contribution in [1.29, 1.82) is 0 Å². The highest BCUT2D eigenvalue weighted by Gasteiger charge is 2.15. The summed E-state index contributed by atoms with van der Waals surface area (Å²) in [5.41, 5.74) is 2.16. The zero-order chi connectivity index (χ0) is 18.4. The number of carbonyl (C=O) groups excluding carboxylic acids is 1. The number of benzene rings is 2. The zero-order valence-corrected chi connectivity index (χ0v) is 14.7. The predicted octanol–water partition coefficient (Wildman–Crippen LogP) is 3.50. The molecule has 1 aromatic heterocycles. The third-order valence-electron chi connectivity index (χ3n) is 3.87. The van der Waals surface area contributed by atoms with Crippen molar-refractivity contribution in [2.75, 3.05) is 19.5 Å². The monoisotopic (exact) mass is 348 g/mol. The average molecular weight is 348 g/mol. The van der Waals surface area contributed by atoms with E-state index in [0.717, 1.165) is 11.3 Å². The molecule has 26 heavy (non-hydrogen) atoms. The first kappa shape index (κ1) is 17.4. The van der Waals surface area contributed by atoms with Crippen LogP contribution in [0.4, 0.5) is 11.5 Å². The quantitative estimate of drug-likeness (QED) is 0.738. The molecule has 1 amide bonds. The smallest absolute Gasteiger partial charge is 0.272 e. The van der Waals surface area contributed by atoms with Crippen LogP contribution < -0.4 is 10.1 Å². The molecular weight excluding hydrogens is 328 g/mol. The summed E-state index contributed by atoms with van der Waals surface area (Å²) in [5.74, 6) is 1.06. The van der Waals surface area contributed by atoms with Crippen molar-refractivity contribution in [3.8, 4) is 5.75 Å². The second-order valence-electron chi connectivity index (χ2n) is 5.76. The molecule has 3 aromatic rings. The van der Waals surface area contributed by atoms with E-state index >= 15 is 0 Å². The summed E-state index contributed by atoms with van der Waals surface area (Å²) in [6, 6.07) is 19.0. The molecule has 1 N–H and O–H groups in total. The van der Waals surface area contributed by atoms with Gasteiger partial charge in [-0.25, -0.2) is 9.97 Å². The van der Waals surface area contributed by atoms with E-state index in [0.29, 0.717) is 23.8 Å². The van der Waals surface area contributed by atoms with Gasteiger partial charge in [-0.05, 0) is 17.7 Å². The van der Waals surface area contributed by atoms with E-state index in [4.69, 9.17) is 4.74 Å². The van der Waals surface area contributed by atoms with Gasteiger partial charge in [0.2, 0.25) is 0 Å². The van der Waals surface area contributed by atoms with Gasteiger partial charge in [0.1, 0.15) is 23.6 Å². The third-order valence-corrected chi connectivity index (χ3v) is 3.87. The molecule has 2 aromatic carbocycles. The van der Waals surface area contributed by atoms with Crippen LogP contribution in [0.1, 0.15) is 16.1 Å². The molecule has 3 rings (SSSR count). The van der Waals surface area contributed by atoms with Crippen LogP contribution in [-0.2, 0) is 6.54 Å². The highest BCUT2D eigenvalue weighted by molar-refractivity contribution is 5.92. The first-order valence-corrected chi connectivity index (χ1v) is 8.19. The van der Waals surface area contributed by atoms with Gasteiger partial charge in [0, 0.05) is 19.7 Å². The van der Waals surface area contributed by atoms with Crippen LogP contribution in [0.15, 0.2) is 67.0 Å². The molecule has 0 unspecified atom stereocenters. The summed E-state index contributed by atoms with van der Waals surface area (Å²) in [4.78, 5) is 22.6. The van der Waals surface area contributed by atoms with E-state index in [1.54, 1.807) is 25.1 Å². The Balaban J connectivity index is 1.75. The van der Waals surface area contributed by atoms with E-state index in [-0.39, 0.29) is 5.91 Å². The fourth-order valence-electron chi connectivity index (χ4n) is 2.55. The number of aromatic nitrogens is 2. The average Bonchev–Trinajstić information content (AvgIpc) is 2.69. The first-order valence-electron chi connectivity index (χ1n) is 8.19. The van der Waals surface area contributed by atoms with Gasteiger partial charge in [-0.2, -0.15) is 0 Å². The van der Waals surface area contributed by atoms with Crippen LogP contribution in [0, 0.1) is 0 Å². The number of hydrogen-bond acceptors (Lipinski definition) is 5. The second-order valence-corrected chi connectivity index (χ2v) is 5.76. The van der Waals surface area contributed by atoms with Crippen molar-refractivity contribution in [1.82, 2.24) is 14.9 Å². The van der Waals surface area contributed by atoms with Crippen molar-refractivity contribution < 1.29 is 9.53 Å². The van der Waals surface area contributed by atoms with Gasteiger partial charge in [-0.1, -0.05) is 42.5 Å². The number of nitrogens with zero attached hydrogens (tertiary/aromatic N) is 3. The summed E-state index contributed by atoms with van der Waals surface area (Å²) in [6.07, 6.45) is 1.38. The van der Waals surface area contributed by atoms with Gasteiger partial charge in [0.15, 0.2) is 0 Å². The lowest BCUT2D eigenvalue weighted by atomic mass is 10.2. The van der Waals surface area contributed by atoms with Gasteiger partial charge in [-0.15, -0.1) is 0 Å². The molecule has 0 atom stereocenters. The van der Waals surface area contributed by atoms with E-state index < -0.39 is 0 Å². The fraction of sp³-hybridized carbons (Fsp3) is 0.150. The number of hydrogen-bond donors (Lipinski definition) is 1. The molecule has 0 radical (unpaired) electrons. The molecule has 0 bridgehead atoms. The van der Waals surface area contributed by atoms with Crippen LogP contribution in [0.5, 0.6) is 5.75 Å². The summed E-state index contributed by atoms with van der Waals surface area (Å²) >= 11 is 0. The number of para-hydroxylation sites is 2. The van der Waals surface area contributed by atoms with E-state index in [1.807, 2.05) is 54.6 Å². The number of rotatable bonds is 6. The lowest BCUT2D eigenvalue weighted by Gasteiger charge is -2.17. The maximum Gasteiger partial charge on any atom is 0.272 e. The minimum Gasteiger partial charge on any atom is -0.495 e. The minimum atomic E-state index is -0.167. The molecule has 132 valence electrons. The van der Waals surface area contributed by atoms with Crippen molar-refractivity contribution in [3.05, 3.63) is 78.2 Å². The number of anilines is 2. The standard InChI is InChI=1S/C20H20N4O2/c1-24(13-15-8-4-3-5-9-15)20(25)17-12-19(22-14-21-17)23-16-10-6-7-11-18(16)26-2/h3-12,14H,13H2,1-2H3,(H,21,22,23). The summed E-state index contributed by atoms with van der Waals surface area (Å²) < 4.78 is 5.32. The van der Waals surface area contributed by atoms with Gasteiger partial charge in [0.25, 0.3) is 5.91 Å². The van der Waals surface area contributed by atoms with E-state index in [9.17, 15) is 4.79 Å². The van der Waals surface area contributed by atoms with Crippen LogP contribution >= 0.6 is 0 Å². The Hall–Kier alpha value is -3.41. The number of nitrogens with one attached hydrogen (secondary N) is 1. The molecule has 0 spiro atoms. The highest BCUT2D eigenvalue weighted by atomic mass is 16.5. The topological polar surface area (TPSA) is 67.3 Å². The molecule has 0 saturated heterocycles. The SMILES string of the molecule is COc1ccccc1Nc1cc(C(=O)N(C)Cc2ccccc2)ncn1. The summed E-state index contributed by atoms with van der Waals surface area (Å²) in [5, 5.41) is 3.16. The molecule has 0 aliphatic rings. The predicted molar refractivity (Wildman–Crippen MR) is 101 cm³/mol. The molecule has 6 heteroatoms. The highest BCUT2D eigenvalue weighted by Crippen LogP contribution is 2.26. The first-order chi connectivity index (χ1) is 12.7. The van der Waals surface area contributed by atoms with Gasteiger partial charge < -0.3 is 15.0 Å². The van der Waals surface area contributed by atoms with Crippen LogP contribution in [0.25, 0.3) is 0 Å². The van der Waals surface area contributed by atoms with Gasteiger partial charge in [0.05, 0.1) is 12.8 Å². The molecule has 0 aliphatic carbocycles. The van der Waals surface area contributed by atoms with Gasteiger partial charge in [-0.3, -0.25) is 4.79 Å². The van der Waals surface area contributed by atoms with Crippen molar-refractivity contribution in [2.45, 2.75) is 6.54 Å².